The minimum absolute atomic E-state index is 0.00382. The summed E-state index contributed by atoms with van der Waals surface area (Å²) in [5.74, 6) is 4.10. The Morgan fingerprint density at radius 3 is 2.12 bits per heavy atom. The van der Waals surface area contributed by atoms with Crippen molar-refractivity contribution >= 4 is 29.0 Å². The van der Waals surface area contributed by atoms with Gasteiger partial charge >= 0.3 is 0 Å². The normalized spacial score (nSPS) is 31.1. The Kier molecular flexibility index (Phi) is 5.25. The molecular weight excluding hydrogens is 420 g/mol. The molecule has 4 bridgehead atoms. The van der Waals surface area contributed by atoms with Crippen molar-refractivity contribution < 1.29 is 4.79 Å². The highest BCUT2D eigenvalue weighted by atomic mass is 35.5. The molecule has 1 aliphatic heterocycles. The number of hydrogen-bond donors (Lipinski definition) is 1. The number of carbonyl (C=O) groups excluding carboxylic acids is 1. The van der Waals surface area contributed by atoms with Gasteiger partial charge in [-0.25, -0.2) is 4.98 Å². The third-order valence-corrected chi connectivity index (χ3v) is 8.54. The molecule has 7 rings (SSSR count). The Labute approximate surface area is 195 Å². The second-order valence-electron chi connectivity index (χ2n) is 10.3. The van der Waals surface area contributed by atoms with Crippen molar-refractivity contribution in [3.05, 3.63) is 53.2 Å². The Balaban J connectivity index is 1.10. The van der Waals surface area contributed by atoms with Gasteiger partial charge in [0.2, 0.25) is 0 Å². The van der Waals surface area contributed by atoms with Crippen LogP contribution in [0.1, 0.15) is 42.6 Å². The predicted molar refractivity (Wildman–Crippen MR) is 128 cm³/mol. The van der Waals surface area contributed by atoms with E-state index in [1.165, 1.54) is 37.8 Å². The van der Waals surface area contributed by atoms with E-state index in [0.29, 0.717) is 23.6 Å². The van der Waals surface area contributed by atoms with E-state index in [-0.39, 0.29) is 5.91 Å². The van der Waals surface area contributed by atoms with Crippen molar-refractivity contribution in [2.24, 2.45) is 23.7 Å². The zero-order valence-electron chi connectivity index (χ0n) is 18.4. The monoisotopic (exact) mass is 450 g/mol. The van der Waals surface area contributed by atoms with Gasteiger partial charge in [0.05, 0.1) is 0 Å². The third kappa shape index (κ3) is 3.85. The first-order chi connectivity index (χ1) is 15.6. The summed E-state index contributed by atoms with van der Waals surface area (Å²) >= 11 is 6.02. The molecule has 0 unspecified atom stereocenters. The van der Waals surface area contributed by atoms with E-state index in [0.717, 1.165) is 48.9 Å². The Bertz CT molecular complexity index is 958. The van der Waals surface area contributed by atoms with Gasteiger partial charge in [-0.2, -0.15) is 0 Å². The first kappa shape index (κ1) is 20.3. The number of carbonyl (C=O) groups is 1. The lowest BCUT2D eigenvalue weighted by molar-refractivity contribution is -0.0120. The number of anilines is 2. The molecule has 6 heteroatoms. The Morgan fingerprint density at radius 1 is 0.844 bits per heavy atom. The lowest BCUT2D eigenvalue weighted by Crippen LogP contribution is -2.55. The quantitative estimate of drug-likeness (QED) is 0.738. The summed E-state index contributed by atoms with van der Waals surface area (Å²) in [5, 5.41) is 4.17. The number of hydrogen-bond acceptors (Lipinski definition) is 4. The van der Waals surface area contributed by atoms with Crippen molar-refractivity contribution in [1.29, 1.82) is 0 Å². The zero-order valence-corrected chi connectivity index (χ0v) is 19.2. The molecule has 5 nitrogen and oxygen atoms in total. The van der Waals surface area contributed by atoms with Gasteiger partial charge in [-0.3, -0.25) is 4.79 Å². The molecule has 0 spiro atoms. The van der Waals surface area contributed by atoms with Crippen LogP contribution >= 0.6 is 11.6 Å². The number of benzene rings is 1. The van der Waals surface area contributed by atoms with Crippen LogP contribution in [-0.4, -0.2) is 43.1 Å². The fourth-order valence-corrected chi connectivity index (χ4v) is 7.08. The molecule has 1 N–H and O–H groups in total. The average molecular weight is 451 g/mol. The smallest absolute Gasteiger partial charge is 0.270 e. The number of nitrogens with zero attached hydrogens (tertiary/aromatic N) is 3. The lowest BCUT2D eigenvalue weighted by Gasteiger charge is -2.54. The number of aromatic nitrogens is 1. The van der Waals surface area contributed by atoms with Gasteiger partial charge in [0.25, 0.3) is 5.91 Å². The van der Waals surface area contributed by atoms with Gasteiger partial charge in [-0.05, 0) is 92.2 Å². The molecule has 2 heterocycles. The van der Waals surface area contributed by atoms with E-state index >= 15 is 0 Å². The maximum atomic E-state index is 13.1. The topological polar surface area (TPSA) is 48.5 Å². The molecule has 1 saturated heterocycles. The van der Waals surface area contributed by atoms with Crippen LogP contribution in [0.25, 0.3) is 0 Å². The molecule has 4 aliphatic carbocycles. The number of piperazine rings is 1. The van der Waals surface area contributed by atoms with E-state index in [1.807, 2.05) is 30.3 Å². The van der Waals surface area contributed by atoms with Gasteiger partial charge in [-0.1, -0.05) is 17.7 Å². The fraction of sp³-hybridized carbons (Fsp3) is 0.538. The van der Waals surface area contributed by atoms with Crippen LogP contribution in [0.15, 0.2) is 42.5 Å². The number of rotatable bonds is 4. The van der Waals surface area contributed by atoms with Crippen molar-refractivity contribution in [3.63, 3.8) is 0 Å². The van der Waals surface area contributed by atoms with Gasteiger partial charge in [-0.15, -0.1) is 0 Å². The molecule has 1 aromatic carbocycles. The highest BCUT2D eigenvalue weighted by molar-refractivity contribution is 6.30. The van der Waals surface area contributed by atoms with Crippen molar-refractivity contribution in [2.75, 3.05) is 36.0 Å². The second kappa shape index (κ2) is 8.26. The molecule has 1 aromatic heterocycles. The van der Waals surface area contributed by atoms with E-state index in [2.05, 4.69) is 27.2 Å². The summed E-state index contributed by atoms with van der Waals surface area (Å²) < 4.78 is 0. The molecule has 5 aliphatic rings. The maximum absolute atomic E-state index is 13.1. The third-order valence-electron chi connectivity index (χ3n) is 8.29. The molecule has 2 aromatic rings. The summed E-state index contributed by atoms with van der Waals surface area (Å²) in [4.78, 5) is 22.5. The van der Waals surface area contributed by atoms with Crippen LogP contribution in [-0.2, 0) is 0 Å². The van der Waals surface area contributed by atoms with Crippen LogP contribution in [0.4, 0.5) is 11.5 Å². The summed E-state index contributed by atoms with van der Waals surface area (Å²) in [6, 6.07) is 14.2. The van der Waals surface area contributed by atoms with E-state index in [9.17, 15) is 4.79 Å². The fourth-order valence-electron chi connectivity index (χ4n) is 6.96. The minimum atomic E-state index is 0.00382. The Hall–Kier alpha value is -2.27. The van der Waals surface area contributed by atoms with Gasteiger partial charge in [0.1, 0.15) is 11.5 Å². The van der Waals surface area contributed by atoms with Crippen molar-refractivity contribution in [3.8, 4) is 0 Å². The summed E-state index contributed by atoms with van der Waals surface area (Å²) in [6.45, 7) is 3.62. The van der Waals surface area contributed by atoms with E-state index in [1.54, 1.807) is 0 Å². The summed E-state index contributed by atoms with van der Waals surface area (Å²) in [7, 11) is 0. The summed E-state index contributed by atoms with van der Waals surface area (Å²) in [5.41, 5.74) is 1.75. The average Bonchev–Trinajstić information content (AvgIpc) is 2.81. The maximum Gasteiger partial charge on any atom is 0.270 e. The molecule has 168 valence electrons. The number of amides is 1. The van der Waals surface area contributed by atoms with Crippen LogP contribution in [0.3, 0.4) is 0 Å². The van der Waals surface area contributed by atoms with Gasteiger partial charge in [0.15, 0.2) is 0 Å². The number of pyridine rings is 1. The first-order valence-electron chi connectivity index (χ1n) is 12.2. The number of halogens is 1. The SMILES string of the molecule is O=C(NC1C2CC3CC(C2)CC1C3)c1cccc(N2CCN(c3ccc(Cl)cc3)CC2)n1. The zero-order chi connectivity index (χ0) is 21.7. The highest BCUT2D eigenvalue weighted by Crippen LogP contribution is 2.53. The van der Waals surface area contributed by atoms with Crippen LogP contribution < -0.4 is 15.1 Å². The Morgan fingerprint density at radius 2 is 1.47 bits per heavy atom. The molecule has 0 atom stereocenters. The van der Waals surface area contributed by atoms with E-state index < -0.39 is 0 Å². The van der Waals surface area contributed by atoms with Crippen LogP contribution in [0, 0.1) is 23.7 Å². The van der Waals surface area contributed by atoms with E-state index in [4.69, 9.17) is 16.6 Å². The molecule has 5 fully saturated rings. The second-order valence-corrected chi connectivity index (χ2v) is 10.7. The predicted octanol–water partition coefficient (Wildman–Crippen LogP) is 4.62. The van der Waals surface area contributed by atoms with Crippen molar-refractivity contribution in [2.45, 2.75) is 38.1 Å². The summed E-state index contributed by atoms with van der Waals surface area (Å²) in [6.07, 6.45) is 6.67. The van der Waals surface area contributed by atoms with Gasteiger partial charge < -0.3 is 15.1 Å². The molecule has 32 heavy (non-hydrogen) atoms. The largest absolute Gasteiger partial charge is 0.368 e. The van der Waals surface area contributed by atoms with Crippen LogP contribution in [0.2, 0.25) is 5.02 Å². The molecule has 0 radical (unpaired) electrons. The lowest BCUT2D eigenvalue weighted by atomic mass is 9.54. The number of nitrogens with one attached hydrogen (secondary N) is 1. The molecule has 1 amide bonds. The highest BCUT2D eigenvalue weighted by Gasteiger charge is 2.48. The standard InChI is InChI=1S/C26H31ClN4O/c27-21-4-6-22(7-5-21)30-8-10-31(11-9-30)24-3-1-2-23(28-24)26(32)29-25-19-13-17-12-18(15-19)16-20(25)14-17/h1-7,17-20,25H,8-16H2,(H,29,32). The molecule has 4 saturated carbocycles. The van der Waals surface area contributed by atoms with Crippen molar-refractivity contribution in [1.82, 2.24) is 10.3 Å². The minimum Gasteiger partial charge on any atom is -0.368 e. The van der Waals surface area contributed by atoms with Gasteiger partial charge in [0, 0.05) is 42.9 Å². The first-order valence-corrected chi connectivity index (χ1v) is 12.5. The molecular formula is C26H31ClN4O. The van der Waals surface area contributed by atoms with Crippen LogP contribution in [0.5, 0.6) is 0 Å².